The third-order valence-electron chi connectivity index (χ3n) is 10.2. The van der Waals surface area contributed by atoms with E-state index in [1.165, 1.54) is 0 Å². The standard InChI is InChI=1S/C39H41N3O7/c1-25-34(27-13-4-2-5-14-27)48-38(47)32-30-19-20-39(49-30)33(32)36(45)42(22-10-11-23-43)35(39)37(46)41(21-9-3-6-16-31(44)40-25)29-18-17-26-12-7-8-15-28(26)24-29/h2-5,7-9,12-15,17-20,24-25,30,32-35,43H,6,10-11,16,21-23H2,1H3,(H,40,44)/b9-3-/t25-,30+,32-,33-,34+,35+,39-/m1/s1. The summed E-state index contributed by atoms with van der Waals surface area (Å²) >= 11 is 0. The van der Waals surface area contributed by atoms with Crippen LogP contribution < -0.4 is 10.2 Å². The van der Waals surface area contributed by atoms with Gasteiger partial charge in [0.1, 0.15) is 23.7 Å². The summed E-state index contributed by atoms with van der Waals surface area (Å²) in [5, 5.41) is 14.5. The zero-order valence-electron chi connectivity index (χ0n) is 27.4. The minimum atomic E-state index is -1.38. The second kappa shape index (κ2) is 13.6. The molecule has 2 N–H and O–H groups in total. The number of benzene rings is 3. The second-order valence-electron chi connectivity index (χ2n) is 13.3. The van der Waals surface area contributed by atoms with E-state index in [9.17, 15) is 19.5 Å². The van der Waals surface area contributed by atoms with Crippen molar-refractivity contribution in [3.05, 3.63) is 103 Å². The van der Waals surface area contributed by atoms with Crippen LogP contribution in [-0.2, 0) is 28.7 Å². The predicted octanol–water partition coefficient (Wildman–Crippen LogP) is 4.24. The number of ether oxygens (including phenoxy) is 2. The SMILES string of the molecule is C[C@H]1NC(=O)CC/C=C\CN(c2ccc3ccccc3c2)C(=O)[C@@H]2N(CCCCO)C(=O)[C@H]3[C@H](C(=O)O[C@@H]1c1ccccc1)[C@@H]1C=C[C@]23O1. The minimum Gasteiger partial charge on any atom is -0.455 e. The smallest absolute Gasteiger partial charge is 0.313 e. The van der Waals surface area contributed by atoms with E-state index in [1.54, 1.807) is 28.9 Å². The highest BCUT2D eigenvalue weighted by Crippen LogP contribution is 2.56. The van der Waals surface area contributed by atoms with Crippen LogP contribution in [0.5, 0.6) is 0 Å². The topological polar surface area (TPSA) is 125 Å². The van der Waals surface area contributed by atoms with Crippen LogP contribution >= 0.6 is 0 Å². The van der Waals surface area contributed by atoms with E-state index >= 15 is 4.79 Å². The van der Waals surface area contributed by atoms with Crippen molar-refractivity contribution >= 4 is 40.2 Å². The lowest BCUT2D eigenvalue weighted by Crippen LogP contribution is -2.56. The fourth-order valence-electron chi connectivity index (χ4n) is 7.89. The van der Waals surface area contributed by atoms with Crippen LogP contribution in [-0.4, -0.2) is 77.2 Å². The first kappa shape index (κ1) is 32.7. The molecule has 0 unspecified atom stereocenters. The maximum absolute atomic E-state index is 15.0. The van der Waals surface area contributed by atoms with Crippen molar-refractivity contribution in [3.63, 3.8) is 0 Å². The Bertz CT molecular complexity index is 1810. The number of fused-ring (bicyclic) bond motifs is 3. The molecule has 10 nitrogen and oxygen atoms in total. The quantitative estimate of drug-likeness (QED) is 0.230. The van der Waals surface area contributed by atoms with Crippen molar-refractivity contribution in [1.29, 1.82) is 0 Å². The number of aliphatic hydroxyl groups excluding tert-OH is 1. The van der Waals surface area contributed by atoms with Crippen molar-refractivity contribution in [2.24, 2.45) is 11.8 Å². The molecular formula is C39H41N3O7. The molecule has 0 aliphatic carbocycles. The number of anilines is 1. The summed E-state index contributed by atoms with van der Waals surface area (Å²) < 4.78 is 12.8. The summed E-state index contributed by atoms with van der Waals surface area (Å²) in [5.74, 6) is -3.47. The van der Waals surface area contributed by atoms with Gasteiger partial charge in [-0.05, 0) is 54.7 Å². The van der Waals surface area contributed by atoms with Crippen LogP contribution in [0.15, 0.2) is 97.1 Å². The largest absolute Gasteiger partial charge is 0.455 e. The van der Waals surface area contributed by atoms with Gasteiger partial charge in [0.15, 0.2) is 0 Å². The van der Waals surface area contributed by atoms with Gasteiger partial charge in [-0.2, -0.15) is 0 Å². The molecule has 0 aromatic heterocycles. The maximum atomic E-state index is 15.0. The second-order valence-corrected chi connectivity index (χ2v) is 13.3. The molecule has 1 spiro atoms. The zero-order valence-corrected chi connectivity index (χ0v) is 27.4. The summed E-state index contributed by atoms with van der Waals surface area (Å²) in [6.07, 6.45) is 7.30. The Morgan fingerprint density at radius 1 is 0.918 bits per heavy atom. The van der Waals surface area contributed by atoms with E-state index in [4.69, 9.17) is 9.47 Å². The molecule has 254 valence electrons. The average Bonchev–Trinajstić information content (AvgIpc) is 3.75. The van der Waals surface area contributed by atoms with Crippen molar-refractivity contribution in [1.82, 2.24) is 10.2 Å². The lowest BCUT2D eigenvalue weighted by atomic mass is 9.74. The fraction of sp³-hybridized carbons (Fsp3) is 0.385. The van der Waals surface area contributed by atoms with Gasteiger partial charge < -0.3 is 29.7 Å². The third kappa shape index (κ3) is 5.93. The van der Waals surface area contributed by atoms with Crippen LogP contribution in [0.4, 0.5) is 5.69 Å². The lowest BCUT2D eigenvalue weighted by molar-refractivity contribution is -0.161. The van der Waals surface area contributed by atoms with Crippen molar-refractivity contribution in [2.75, 3.05) is 24.6 Å². The number of cyclic esters (lactones) is 1. The number of nitrogens with zero attached hydrogens (tertiary/aromatic N) is 2. The molecule has 49 heavy (non-hydrogen) atoms. The number of rotatable bonds is 6. The van der Waals surface area contributed by atoms with E-state index in [0.717, 1.165) is 10.8 Å². The number of nitrogens with one attached hydrogen (secondary N) is 1. The first-order valence-electron chi connectivity index (χ1n) is 17.1. The fourth-order valence-corrected chi connectivity index (χ4v) is 7.89. The van der Waals surface area contributed by atoms with E-state index < -0.39 is 47.7 Å². The molecule has 4 aliphatic heterocycles. The number of carbonyl (C=O) groups excluding carboxylic acids is 4. The Hall–Kier alpha value is -4.80. The van der Waals surface area contributed by atoms with Gasteiger partial charge in [-0.15, -0.1) is 0 Å². The number of carbonyl (C=O) groups is 4. The monoisotopic (exact) mass is 663 g/mol. The molecule has 7 rings (SSSR count). The summed E-state index contributed by atoms with van der Waals surface area (Å²) in [5.41, 5.74) is -0.0202. The van der Waals surface area contributed by atoms with E-state index in [0.29, 0.717) is 30.5 Å². The molecule has 0 radical (unpaired) electrons. The van der Waals surface area contributed by atoms with Crippen LogP contribution in [0, 0.1) is 11.8 Å². The van der Waals surface area contributed by atoms with Gasteiger partial charge in [0.05, 0.1) is 18.1 Å². The van der Waals surface area contributed by atoms with Crippen LogP contribution in [0.1, 0.15) is 44.3 Å². The Morgan fingerprint density at radius 3 is 2.49 bits per heavy atom. The van der Waals surface area contributed by atoms with Crippen molar-refractivity contribution in [2.45, 2.75) is 62.5 Å². The van der Waals surface area contributed by atoms with Gasteiger partial charge in [0.2, 0.25) is 11.8 Å². The molecule has 2 fully saturated rings. The number of hydrogen-bond acceptors (Lipinski definition) is 7. The number of hydrogen-bond donors (Lipinski definition) is 2. The Balaban J connectivity index is 1.32. The summed E-state index contributed by atoms with van der Waals surface area (Å²) in [7, 11) is 0. The summed E-state index contributed by atoms with van der Waals surface area (Å²) in [4.78, 5) is 60.0. The number of allylic oxidation sites excluding steroid dienone is 1. The predicted molar refractivity (Wildman–Crippen MR) is 183 cm³/mol. The molecular weight excluding hydrogens is 622 g/mol. The Kier molecular flexibility index (Phi) is 9.09. The van der Waals surface area contributed by atoms with Gasteiger partial charge in [-0.1, -0.05) is 85.0 Å². The highest BCUT2D eigenvalue weighted by atomic mass is 16.6. The van der Waals surface area contributed by atoms with Crippen LogP contribution in [0.2, 0.25) is 0 Å². The normalized spacial score (nSPS) is 30.8. The van der Waals surface area contributed by atoms with Gasteiger partial charge in [0.25, 0.3) is 5.91 Å². The summed E-state index contributed by atoms with van der Waals surface area (Å²) in [6, 6.07) is 21.3. The number of esters is 1. The number of aliphatic hydroxyl groups is 1. The lowest BCUT2D eigenvalue weighted by Gasteiger charge is -2.36. The maximum Gasteiger partial charge on any atom is 0.313 e. The van der Waals surface area contributed by atoms with Crippen molar-refractivity contribution in [3.8, 4) is 0 Å². The first-order chi connectivity index (χ1) is 23.8. The van der Waals surface area contributed by atoms with Crippen molar-refractivity contribution < 1.29 is 33.8 Å². The molecule has 3 aromatic carbocycles. The van der Waals surface area contributed by atoms with Gasteiger partial charge in [-0.25, -0.2) is 0 Å². The zero-order chi connectivity index (χ0) is 34.1. The van der Waals surface area contributed by atoms with Gasteiger partial charge in [0, 0.05) is 31.8 Å². The Morgan fingerprint density at radius 2 is 1.69 bits per heavy atom. The highest BCUT2D eigenvalue weighted by molar-refractivity contribution is 6.06. The summed E-state index contributed by atoms with van der Waals surface area (Å²) in [6.45, 7) is 2.16. The van der Waals surface area contributed by atoms with Gasteiger partial charge >= 0.3 is 5.97 Å². The molecule has 10 heteroatoms. The highest BCUT2D eigenvalue weighted by Gasteiger charge is 2.73. The third-order valence-corrected chi connectivity index (χ3v) is 10.2. The minimum absolute atomic E-state index is 0.0494. The van der Waals surface area contributed by atoms with E-state index in [2.05, 4.69) is 5.32 Å². The van der Waals surface area contributed by atoms with Gasteiger partial charge in [-0.3, -0.25) is 19.2 Å². The van der Waals surface area contributed by atoms with Crippen LogP contribution in [0.25, 0.3) is 10.8 Å². The average molecular weight is 664 g/mol. The van der Waals surface area contributed by atoms with E-state index in [-0.39, 0.29) is 43.8 Å². The molecule has 4 heterocycles. The molecule has 4 aliphatic rings. The molecule has 0 saturated carbocycles. The van der Waals surface area contributed by atoms with E-state index in [1.807, 2.05) is 84.9 Å². The molecule has 5 bridgehead atoms. The molecule has 3 amide bonds. The van der Waals surface area contributed by atoms with Crippen LogP contribution in [0.3, 0.4) is 0 Å². The number of amides is 3. The first-order valence-corrected chi connectivity index (χ1v) is 17.1. The number of likely N-dealkylation sites (tertiary alicyclic amines) is 1. The molecule has 3 aromatic rings. The number of unbranched alkanes of at least 4 members (excludes halogenated alkanes) is 1. The Labute approximate surface area is 285 Å². The molecule has 7 atom stereocenters. The molecule has 2 saturated heterocycles.